The molecule has 1 amide bonds. The molecule has 5 rings (SSSR count). The van der Waals surface area contributed by atoms with Crippen molar-refractivity contribution in [2.45, 2.75) is 0 Å². The van der Waals surface area contributed by atoms with Crippen LogP contribution < -0.4 is 9.64 Å². The number of carbonyl (C=O) groups is 1. The molecule has 8 nitrogen and oxygen atoms in total. The smallest absolute Gasteiger partial charge is 0.274 e. The number of piperazine rings is 1. The number of amides is 1. The summed E-state index contributed by atoms with van der Waals surface area (Å²) >= 11 is 0. The zero-order chi connectivity index (χ0) is 21.2. The second kappa shape index (κ2) is 8.06. The van der Waals surface area contributed by atoms with Crippen LogP contribution in [0, 0.1) is 0 Å². The van der Waals surface area contributed by atoms with Gasteiger partial charge in [0.1, 0.15) is 11.4 Å². The van der Waals surface area contributed by atoms with Crippen LogP contribution in [0.3, 0.4) is 0 Å². The van der Waals surface area contributed by atoms with Gasteiger partial charge in [0.15, 0.2) is 0 Å². The van der Waals surface area contributed by atoms with Crippen LogP contribution in [0.15, 0.2) is 67.1 Å². The van der Waals surface area contributed by atoms with E-state index >= 15 is 0 Å². The number of rotatable bonds is 4. The summed E-state index contributed by atoms with van der Waals surface area (Å²) in [6.45, 7) is 2.54. The Hall–Kier alpha value is -3.94. The molecule has 4 heterocycles. The lowest BCUT2D eigenvalue weighted by Gasteiger charge is -2.34. The van der Waals surface area contributed by atoms with Crippen LogP contribution in [0.2, 0.25) is 0 Å². The number of nitrogens with zero attached hydrogens (tertiary/aromatic N) is 6. The van der Waals surface area contributed by atoms with E-state index in [9.17, 15) is 4.79 Å². The molecule has 8 heteroatoms. The predicted octanol–water partition coefficient (Wildman–Crippen LogP) is 2.76. The Balaban J connectivity index is 1.44. The highest BCUT2D eigenvalue weighted by molar-refractivity contribution is 5.96. The topological polar surface area (TPSA) is 75.9 Å². The lowest BCUT2D eigenvalue weighted by Crippen LogP contribution is -2.49. The van der Waals surface area contributed by atoms with Gasteiger partial charge in [-0.2, -0.15) is 5.10 Å². The maximum absolute atomic E-state index is 13.3. The predicted molar refractivity (Wildman–Crippen MR) is 117 cm³/mol. The molecule has 0 spiro atoms. The Kier molecular flexibility index (Phi) is 4.95. The van der Waals surface area contributed by atoms with Crippen LogP contribution in [-0.4, -0.2) is 63.7 Å². The van der Waals surface area contributed by atoms with Crippen LogP contribution >= 0.6 is 0 Å². The van der Waals surface area contributed by atoms with Crippen molar-refractivity contribution in [1.29, 1.82) is 0 Å². The maximum Gasteiger partial charge on any atom is 0.274 e. The van der Waals surface area contributed by atoms with E-state index in [1.165, 1.54) is 0 Å². The van der Waals surface area contributed by atoms with Gasteiger partial charge in [0, 0.05) is 55.9 Å². The van der Waals surface area contributed by atoms with Gasteiger partial charge < -0.3 is 14.5 Å². The number of fused-ring (bicyclic) bond motifs is 1. The summed E-state index contributed by atoms with van der Waals surface area (Å²) in [5.41, 5.74) is 3.18. The molecule has 1 saturated heterocycles. The van der Waals surface area contributed by atoms with Gasteiger partial charge in [-0.15, -0.1) is 0 Å². The molecule has 156 valence electrons. The average molecular weight is 414 g/mol. The quantitative estimate of drug-likeness (QED) is 0.511. The van der Waals surface area contributed by atoms with E-state index in [1.807, 2.05) is 53.6 Å². The zero-order valence-corrected chi connectivity index (χ0v) is 17.2. The van der Waals surface area contributed by atoms with Crippen LogP contribution in [0.5, 0.6) is 5.75 Å². The molecule has 1 aliphatic heterocycles. The van der Waals surface area contributed by atoms with E-state index in [-0.39, 0.29) is 5.91 Å². The first kappa shape index (κ1) is 19.0. The van der Waals surface area contributed by atoms with E-state index in [0.717, 1.165) is 22.4 Å². The summed E-state index contributed by atoms with van der Waals surface area (Å²) < 4.78 is 7.31. The van der Waals surface area contributed by atoms with Crippen molar-refractivity contribution in [3.8, 4) is 16.9 Å². The standard InChI is InChI=1S/C23H22N6O2/c1-31-21-8-3-2-6-17(21)18-16-19(26-29-11-4-7-20(18)29)22(30)27-12-14-28(15-13-27)23-24-9-5-10-25-23/h2-11,16H,12-15H2,1H3. The first-order valence-corrected chi connectivity index (χ1v) is 10.2. The van der Waals surface area contributed by atoms with Gasteiger partial charge in [-0.1, -0.05) is 18.2 Å². The van der Waals surface area contributed by atoms with Crippen LogP contribution in [0.4, 0.5) is 5.95 Å². The van der Waals surface area contributed by atoms with Crippen molar-refractivity contribution in [3.05, 3.63) is 72.8 Å². The second-order valence-corrected chi connectivity index (χ2v) is 7.31. The van der Waals surface area contributed by atoms with Gasteiger partial charge in [0.2, 0.25) is 5.95 Å². The van der Waals surface area contributed by atoms with Crippen molar-refractivity contribution in [2.24, 2.45) is 0 Å². The maximum atomic E-state index is 13.3. The van der Waals surface area contributed by atoms with Gasteiger partial charge in [0.25, 0.3) is 5.91 Å². The molecular formula is C23H22N6O2. The summed E-state index contributed by atoms with van der Waals surface area (Å²) in [6, 6.07) is 15.4. The van der Waals surface area contributed by atoms with Crippen molar-refractivity contribution in [3.63, 3.8) is 0 Å². The highest BCUT2D eigenvalue weighted by Gasteiger charge is 2.25. The Morgan fingerprint density at radius 2 is 1.71 bits per heavy atom. The Morgan fingerprint density at radius 1 is 0.935 bits per heavy atom. The molecule has 4 aromatic rings. The summed E-state index contributed by atoms with van der Waals surface area (Å²) in [6.07, 6.45) is 5.32. The van der Waals surface area contributed by atoms with E-state index in [2.05, 4.69) is 20.0 Å². The normalized spacial score (nSPS) is 14.1. The molecule has 3 aromatic heterocycles. The van der Waals surface area contributed by atoms with Crippen molar-refractivity contribution in [2.75, 3.05) is 38.2 Å². The van der Waals surface area contributed by atoms with Crippen LogP contribution in [-0.2, 0) is 0 Å². The van der Waals surface area contributed by atoms with Crippen molar-refractivity contribution >= 4 is 17.4 Å². The molecular weight excluding hydrogens is 392 g/mol. The molecule has 0 saturated carbocycles. The summed E-state index contributed by atoms with van der Waals surface area (Å²) in [7, 11) is 1.65. The first-order valence-electron chi connectivity index (χ1n) is 10.2. The van der Waals surface area contributed by atoms with Gasteiger partial charge in [0.05, 0.1) is 12.6 Å². The fourth-order valence-corrected chi connectivity index (χ4v) is 3.94. The second-order valence-electron chi connectivity index (χ2n) is 7.31. The molecule has 1 aliphatic rings. The molecule has 0 unspecified atom stereocenters. The van der Waals surface area contributed by atoms with Gasteiger partial charge in [-0.25, -0.2) is 14.5 Å². The molecule has 0 bridgehead atoms. The molecule has 1 fully saturated rings. The molecule has 0 radical (unpaired) electrons. The van der Waals surface area contributed by atoms with Crippen molar-refractivity contribution in [1.82, 2.24) is 24.5 Å². The number of para-hydroxylation sites is 1. The van der Waals surface area contributed by atoms with E-state index < -0.39 is 0 Å². The zero-order valence-electron chi connectivity index (χ0n) is 17.2. The minimum Gasteiger partial charge on any atom is -0.496 e. The molecule has 1 aromatic carbocycles. The SMILES string of the molecule is COc1ccccc1-c1cc(C(=O)N2CCN(c3ncccn3)CC2)nn2cccc12. The van der Waals surface area contributed by atoms with E-state index in [4.69, 9.17) is 4.74 Å². The molecule has 0 N–H and O–H groups in total. The number of hydrogen-bond acceptors (Lipinski definition) is 6. The highest BCUT2D eigenvalue weighted by atomic mass is 16.5. The third kappa shape index (κ3) is 3.56. The number of carbonyl (C=O) groups excluding carboxylic acids is 1. The number of benzene rings is 1. The minimum atomic E-state index is -0.0830. The number of aromatic nitrogens is 4. The number of methoxy groups -OCH3 is 1. The fourth-order valence-electron chi connectivity index (χ4n) is 3.94. The Labute approximate surface area is 179 Å². The number of anilines is 1. The van der Waals surface area contributed by atoms with E-state index in [1.54, 1.807) is 30.1 Å². The van der Waals surface area contributed by atoms with Crippen molar-refractivity contribution < 1.29 is 9.53 Å². The monoisotopic (exact) mass is 414 g/mol. The minimum absolute atomic E-state index is 0.0830. The van der Waals surface area contributed by atoms with Gasteiger partial charge >= 0.3 is 0 Å². The molecule has 0 aliphatic carbocycles. The van der Waals surface area contributed by atoms with Crippen LogP contribution in [0.25, 0.3) is 16.6 Å². The number of hydrogen-bond donors (Lipinski definition) is 0. The molecule has 0 atom stereocenters. The first-order chi connectivity index (χ1) is 15.2. The lowest BCUT2D eigenvalue weighted by molar-refractivity contribution is 0.0739. The summed E-state index contributed by atoms with van der Waals surface area (Å²) in [5.74, 6) is 1.37. The summed E-state index contributed by atoms with van der Waals surface area (Å²) in [5, 5.41) is 4.58. The largest absolute Gasteiger partial charge is 0.496 e. The van der Waals surface area contributed by atoms with Crippen LogP contribution in [0.1, 0.15) is 10.5 Å². The highest BCUT2D eigenvalue weighted by Crippen LogP contribution is 2.33. The third-order valence-electron chi connectivity index (χ3n) is 5.52. The van der Waals surface area contributed by atoms with E-state index in [0.29, 0.717) is 37.8 Å². The Morgan fingerprint density at radius 3 is 2.48 bits per heavy atom. The lowest BCUT2D eigenvalue weighted by atomic mass is 10.0. The summed E-state index contributed by atoms with van der Waals surface area (Å²) in [4.78, 5) is 25.8. The van der Waals surface area contributed by atoms with Gasteiger partial charge in [-0.3, -0.25) is 4.79 Å². The number of ether oxygens (including phenoxy) is 1. The third-order valence-corrected chi connectivity index (χ3v) is 5.52. The Bertz CT molecular complexity index is 1220. The van der Waals surface area contributed by atoms with Gasteiger partial charge in [-0.05, 0) is 30.3 Å². The average Bonchev–Trinajstić information content (AvgIpc) is 3.32. The fraction of sp³-hybridized carbons (Fsp3) is 0.217. The molecule has 31 heavy (non-hydrogen) atoms.